The van der Waals surface area contributed by atoms with E-state index in [0.717, 1.165) is 18.2 Å². The lowest BCUT2D eigenvalue weighted by atomic mass is 10.2. The van der Waals surface area contributed by atoms with Gasteiger partial charge in [0.2, 0.25) is 0 Å². The average molecular weight is 330 g/mol. The summed E-state index contributed by atoms with van der Waals surface area (Å²) in [5.41, 5.74) is -0.350. The Morgan fingerprint density at radius 1 is 1.18 bits per heavy atom. The van der Waals surface area contributed by atoms with E-state index in [9.17, 15) is 18.0 Å². The largest absolute Gasteiger partial charge is 0.416 e. The van der Waals surface area contributed by atoms with E-state index >= 15 is 0 Å². The number of pyridine rings is 1. The van der Waals surface area contributed by atoms with Crippen LogP contribution in [0, 0.1) is 6.92 Å². The Bertz CT molecular complexity index is 704. The van der Waals surface area contributed by atoms with Crippen LogP contribution in [-0.2, 0) is 6.18 Å². The number of carbonyl (C=O) groups is 1. The highest BCUT2D eigenvalue weighted by molar-refractivity contribution is 6.33. The van der Waals surface area contributed by atoms with Gasteiger partial charge >= 0.3 is 12.2 Å². The molecule has 0 unspecified atom stereocenters. The fourth-order valence-corrected chi connectivity index (χ4v) is 1.84. The van der Waals surface area contributed by atoms with Crippen molar-refractivity contribution >= 4 is 29.1 Å². The first-order chi connectivity index (χ1) is 10.3. The molecular weight excluding hydrogens is 319 g/mol. The Morgan fingerprint density at radius 3 is 2.55 bits per heavy atom. The van der Waals surface area contributed by atoms with Crippen molar-refractivity contribution in [2.24, 2.45) is 0 Å². The van der Waals surface area contributed by atoms with Crippen molar-refractivity contribution in [3.63, 3.8) is 0 Å². The normalized spacial score (nSPS) is 11.1. The van der Waals surface area contributed by atoms with E-state index in [-0.39, 0.29) is 16.5 Å². The minimum atomic E-state index is -4.52. The summed E-state index contributed by atoms with van der Waals surface area (Å²) < 4.78 is 37.9. The number of hydrogen-bond donors (Lipinski definition) is 2. The van der Waals surface area contributed by atoms with Crippen LogP contribution < -0.4 is 10.6 Å². The molecule has 2 amide bonds. The summed E-state index contributed by atoms with van der Waals surface area (Å²) in [6, 6.07) is 6.94. The number of anilines is 2. The third-order valence-electron chi connectivity index (χ3n) is 2.67. The van der Waals surface area contributed by atoms with Crippen LogP contribution in [-0.4, -0.2) is 11.0 Å². The van der Waals surface area contributed by atoms with Crippen molar-refractivity contribution in [2.45, 2.75) is 13.1 Å². The second-order valence-electron chi connectivity index (χ2n) is 4.44. The molecule has 8 heteroatoms. The summed E-state index contributed by atoms with van der Waals surface area (Å²) in [7, 11) is 0. The topological polar surface area (TPSA) is 54.0 Å². The van der Waals surface area contributed by atoms with Gasteiger partial charge in [-0.2, -0.15) is 13.2 Å². The van der Waals surface area contributed by atoms with E-state index in [1.807, 2.05) is 0 Å². The van der Waals surface area contributed by atoms with E-state index in [4.69, 9.17) is 11.6 Å². The molecule has 2 rings (SSSR count). The molecule has 1 heterocycles. The van der Waals surface area contributed by atoms with Crippen LogP contribution in [0.3, 0.4) is 0 Å². The third-order valence-corrected chi connectivity index (χ3v) is 3.00. The third kappa shape index (κ3) is 4.11. The summed E-state index contributed by atoms with van der Waals surface area (Å²) in [6.45, 7) is 1.74. The van der Waals surface area contributed by atoms with Gasteiger partial charge in [0, 0.05) is 5.69 Å². The van der Waals surface area contributed by atoms with E-state index in [2.05, 4.69) is 15.6 Å². The SMILES string of the molecule is Cc1cccc(NC(=O)Nc2cc(C(F)(F)F)ccc2Cl)n1. The molecule has 0 bridgehead atoms. The molecule has 0 aliphatic carbocycles. The Labute approximate surface area is 129 Å². The molecule has 116 valence electrons. The summed E-state index contributed by atoms with van der Waals surface area (Å²) in [5, 5.41) is 4.68. The highest BCUT2D eigenvalue weighted by atomic mass is 35.5. The maximum absolute atomic E-state index is 12.6. The molecule has 0 spiro atoms. The Balaban J connectivity index is 2.14. The minimum absolute atomic E-state index is 0.000325. The minimum Gasteiger partial charge on any atom is -0.306 e. The fourth-order valence-electron chi connectivity index (χ4n) is 1.68. The predicted molar refractivity (Wildman–Crippen MR) is 78.1 cm³/mol. The van der Waals surface area contributed by atoms with Crippen LogP contribution >= 0.6 is 11.6 Å². The summed E-state index contributed by atoms with van der Waals surface area (Å²) in [6.07, 6.45) is -4.52. The van der Waals surface area contributed by atoms with Gasteiger partial charge in [-0.15, -0.1) is 0 Å². The Kier molecular flexibility index (Phi) is 4.56. The monoisotopic (exact) mass is 329 g/mol. The first kappa shape index (κ1) is 16.1. The molecule has 22 heavy (non-hydrogen) atoms. The summed E-state index contributed by atoms with van der Waals surface area (Å²) in [4.78, 5) is 15.9. The molecule has 0 aliphatic rings. The highest BCUT2D eigenvalue weighted by Gasteiger charge is 2.31. The molecule has 1 aromatic heterocycles. The van der Waals surface area contributed by atoms with Gasteiger partial charge in [-0.3, -0.25) is 5.32 Å². The number of carbonyl (C=O) groups excluding carboxylic acids is 1. The number of nitrogens with zero attached hydrogens (tertiary/aromatic N) is 1. The maximum atomic E-state index is 12.6. The smallest absolute Gasteiger partial charge is 0.306 e. The summed E-state index contributed by atoms with van der Waals surface area (Å²) >= 11 is 5.79. The number of benzene rings is 1. The van der Waals surface area contributed by atoms with Gasteiger partial charge < -0.3 is 5.32 Å². The molecule has 0 atom stereocenters. The molecular formula is C14H11ClF3N3O. The van der Waals surface area contributed by atoms with Crippen molar-refractivity contribution in [3.05, 3.63) is 52.7 Å². The second-order valence-corrected chi connectivity index (χ2v) is 4.84. The van der Waals surface area contributed by atoms with E-state index in [1.165, 1.54) is 0 Å². The number of aromatic nitrogens is 1. The van der Waals surface area contributed by atoms with Crippen LogP contribution in [0.4, 0.5) is 29.5 Å². The van der Waals surface area contributed by atoms with Gasteiger partial charge in [-0.25, -0.2) is 9.78 Å². The number of amides is 2. The van der Waals surface area contributed by atoms with Crippen molar-refractivity contribution in [1.82, 2.24) is 4.98 Å². The molecule has 0 saturated heterocycles. The lowest BCUT2D eigenvalue weighted by Crippen LogP contribution is -2.20. The molecule has 0 saturated carbocycles. The van der Waals surface area contributed by atoms with Crippen molar-refractivity contribution in [3.8, 4) is 0 Å². The molecule has 0 fully saturated rings. The lowest BCUT2D eigenvalue weighted by Gasteiger charge is -2.12. The molecule has 2 N–H and O–H groups in total. The zero-order valence-electron chi connectivity index (χ0n) is 11.3. The molecule has 2 aromatic rings. The number of halogens is 4. The van der Waals surface area contributed by atoms with Gasteiger partial charge in [0.05, 0.1) is 16.3 Å². The van der Waals surface area contributed by atoms with E-state index in [1.54, 1.807) is 25.1 Å². The first-order valence-electron chi connectivity index (χ1n) is 6.14. The van der Waals surface area contributed by atoms with Gasteiger partial charge in [-0.05, 0) is 37.3 Å². The van der Waals surface area contributed by atoms with Crippen molar-refractivity contribution < 1.29 is 18.0 Å². The zero-order valence-corrected chi connectivity index (χ0v) is 12.1. The number of rotatable bonds is 2. The van der Waals surface area contributed by atoms with Gasteiger partial charge in [0.15, 0.2) is 0 Å². The standard InChI is InChI=1S/C14H11ClF3N3O/c1-8-3-2-4-12(19-8)21-13(22)20-11-7-9(14(16,17)18)5-6-10(11)15/h2-7H,1H3,(H2,19,20,21,22). The fraction of sp³-hybridized carbons (Fsp3) is 0.143. The quantitative estimate of drug-likeness (QED) is 0.838. The van der Waals surface area contributed by atoms with Crippen molar-refractivity contribution in [1.29, 1.82) is 0 Å². The average Bonchev–Trinajstić information content (AvgIpc) is 2.40. The van der Waals surface area contributed by atoms with Crippen LogP contribution in [0.5, 0.6) is 0 Å². The zero-order chi connectivity index (χ0) is 16.3. The number of urea groups is 1. The van der Waals surface area contributed by atoms with Crippen LogP contribution in [0.15, 0.2) is 36.4 Å². The Hall–Kier alpha value is -2.28. The molecule has 1 aromatic carbocycles. The Morgan fingerprint density at radius 2 is 1.91 bits per heavy atom. The van der Waals surface area contributed by atoms with E-state index < -0.39 is 17.8 Å². The summed E-state index contributed by atoms with van der Waals surface area (Å²) in [5.74, 6) is 0.278. The van der Waals surface area contributed by atoms with Gasteiger partial charge in [-0.1, -0.05) is 17.7 Å². The predicted octanol–water partition coefficient (Wildman–Crippen LogP) is 4.71. The maximum Gasteiger partial charge on any atom is 0.416 e. The van der Waals surface area contributed by atoms with E-state index in [0.29, 0.717) is 5.69 Å². The van der Waals surface area contributed by atoms with Crippen molar-refractivity contribution in [2.75, 3.05) is 10.6 Å². The molecule has 4 nitrogen and oxygen atoms in total. The van der Waals surface area contributed by atoms with Gasteiger partial charge in [0.25, 0.3) is 0 Å². The van der Waals surface area contributed by atoms with Crippen LogP contribution in [0.2, 0.25) is 5.02 Å². The number of hydrogen-bond acceptors (Lipinski definition) is 2. The lowest BCUT2D eigenvalue weighted by molar-refractivity contribution is -0.137. The highest BCUT2D eigenvalue weighted by Crippen LogP contribution is 2.33. The first-order valence-corrected chi connectivity index (χ1v) is 6.52. The second kappa shape index (κ2) is 6.23. The number of nitrogens with one attached hydrogen (secondary N) is 2. The number of alkyl halides is 3. The van der Waals surface area contributed by atoms with Gasteiger partial charge in [0.1, 0.15) is 5.82 Å². The van der Waals surface area contributed by atoms with Crippen LogP contribution in [0.1, 0.15) is 11.3 Å². The number of aryl methyl sites for hydroxylation is 1. The molecule has 0 radical (unpaired) electrons. The molecule has 0 aliphatic heterocycles. The van der Waals surface area contributed by atoms with Crippen LogP contribution in [0.25, 0.3) is 0 Å².